The molecule has 158 valence electrons. The number of β-lactam (4-membered cyclic amide) rings is 1. The molecule has 0 spiro atoms. The third kappa shape index (κ3) is 3.99. The molecular formula is C18H29NO5S3Si. The molecule has 28 heavy (non-hydrogen) atoms. The Morgan fingerprint density at radius 3 is 2.57 bits per heavy atom. The van der Waals surface area contributed by atoms with E-state index in [-0.39, 0.29) is 39.3 Å². The average Bonchev–Trinajstić information content (AvgIpc) is 3.07. The second-order valence-electron chi connectivity index (χ2n) is 9.11. The number of carbonyl (C=O) groups is 2. The second-order valence-corrected chi connectivity index (χ2v) is 18.2. The zero-order chi connectivity index (χ0) is 21.0. The lowest BCUT2D eigenvalue weighted by atomic mass is 9.92. The molecule has 3 rings (SSSR count). The van der Waals surface area contributed by atoms with Gasteiger partial charge in [0.1, 0.15) is 5.37 Å². The quantitative estimate of drug-likeness (QED) is 0.477. The summed E-state index contributed by atoms with van der Waals surface area (Å²) in [5.74, 6) is -0.295. The maximum absolute atomic E-state index is 12.9. The van der Waals surface area contributed by atoms with Crippen molar-refractivity contribution in [2.75, 3.05) is 11.5 Å². The number of carboxylic acids is 1. The van der Waals surface area contributed by atoms with Crippen molar-refractivity contribution in [3.8, 4) is 0 Å². The molecule has 0 radical (unpaired) electrons. The second kappa shape index (κ2) is 7.75. The minimum absolute atomic E-state index is 0.0418. The zero-order valence-electron chi connectivity index (χ0n) is 17.2. The summed E-state index contributed by atoms with van der Waals surface area (Å²) in [6, 6.07) is 0. The molecule has 1 N–H and O–H groups in total. The van der Waals surface area contributed by atoms with Crippen LogP contribution in [0.4, 0.5) is 0 Å². The number of carbonyl (C=O) groups excluding carboxylic acids is 1. The van der Waals surface area contributed by atoms with Gasteiger partial charge in [-0.15, -0.1) is 11.8 Å². The van der Waals surface area contributed by atoms with Crippen LogP contribution < -0.4 is 0 Å². The molecule has 0 aromatic rings. The van der Waals surface area contributed by atoms with E-state index in [1.165, 1.54) is 28.4 Å². The van der Waals surface area contributed by atoms with Crippen LogP contribution in [0.15, 0.2) is 9.93 Å². The fourth-order valence-corrected chi connectivity index (χ4v) is 10.1. The Bertz CT molecular complexity index is 748. The van der Waals surface area contributed by atoms with E-state index in [0.29, 0.717) is 15.7 Å². The van der Waals surface area contributed by atoms with Crippen LogP contribution in [0, 0.1) is 5.92 Å². The Hall–Kier alpha value is -0.293. The van der Waals surface area contributed by atoms with E-state index in [4.69, 9.17) is 4.43 Å². The monoisotopic (exact) mass is 463 g/mol. The standard InChI is InChI=1S/C18H29NO5S3Si/c1-10(24-28(5,6)18(2,3)4)12-14(20)19-13(16(21)22)17(26-15(12)19)25-11-7-8-27(23)9-11/h10-12,15H,7-9H2,1-6H3,(H,21,22)/t10-,11+,12+,15-,27?/m1/s1. The molecule has 3 aliphatic heterocycles. The largest absolute Gasteiger partial charge is 0.477 e. The van der Waals surface area contributed by atoms with Gasteiger partial charge < -0.3 is 9.53 Å². The van der Waals surface area contributed by atoms with Crippen molar-refractivity contribution >= 4 is 54.5 Å². The van der Waals surface area contributed by atoms with Crippen LogP contribution in [0.25, 0.3) is 0 Å². The topological polar surface area (TPSA) is 83.9 Å². The molecule has 2 saturated heterocycles. The third-order valence-electron chi connectivity index (χ3n) is 6.05. The Morgan fingerprint density at radius 1 is 1.43 bits per heavy atom. The lowest BCUT2D eigenvalue weighted by Crippen LogP contribution is -2.62. The van der Waals surface area contributed by atoms with Gasteiger partial charge in [-0.25, -0.2) is 4.79 Å². The highest BCUT2D eigenvalue weighted by Gasteiger charge is 2.59. The molecule has 1 unspecified atom stereocenters. The van der Waals surface area contributed by atoms with Gasteiger partial charge in [-0.2, -0.15) is 0 Å². The number of amides is 1. The van der Waals surface area contributed by atoms with Gasteiger partial charge in [0.2, 0.25) is 5.91 Å². The third-order valence-corrected chi connectivity index (χ3v) is 15.2. The number of aliphatic carboxylic acids is 1. The highest BCUT2D eigenvalue weighted by molar-refractivity contribution is 8.23. The first-order valence-corrected chi connectivity index (χ1v) is 15.7. The lowest BCUT2D eigenvalue weighted by Gasteiger charge is -2.48. The molecule has 2 fully saturated rings. The summed E-state index contributed by atoms with van der Waals surface area (Å²) in [7, 11) is -2.84. The van der Waals surface area contributed by atoms with Gasteiger partial charge >= 0.3 is 5.97 Å². The van der Waals surface area contributed by atoms with Gasteiger partial charge in [0, 0.05) is 27.6 Å². The summed E-state index contributed by atoms with van der Waals surface area (Å²) in [5, 5.41) is 9.69. The number of fused-ring (bicyclic) bond motifs is 1. The van der Waals surface area contributed by atoms with Crippen LogP contribution in [0.3, 0.4) is 0 Å². The van der Waals surface area contributed by atoms with Crippen LogP contribution in [0.5, 0.6) is 0 Å². The Kier molecular flexibility index (Phi) is 6.20. The van der Waals surface area contributed by atoms with E-state index in [9.17, 15) is 18.9 Å². The Morgan fingerprint density at radius 2 is 2.07 bits per heavy atom. The molecule has 10 heteroatoms. The highest BCUT2D eigenvalue weighted by Crippen LogP contribution is 2.55. The number of nitrogens with zero attached hydrogens (tertiary/aromatic N) is 1. The maximum Gasteiger partial charge on any atom is 0.354 e. The molecule has 6 nitrogen and oxygen atoms in total. The average molecular weight is 464 g/mol. The van der Waals surface area contributed by atoms with Gasteiger partial charge in [-0.3, -0.25) is 13.9 Å². The van der Waals surface area contributed by atoms with Crippen LogP contribution >= 0.6 is 23.5 Å². The summed E-state index contributed by atoms with van der Waals surface area (Å²) >= 11 is 2.94. The van der Waals surface area contributed by atoms with E-state index < -0.39 is 25.1 Å². The first-order valence-electron chi connectivity index (χ1n) is 9.50. The fourth-order valence-electron chi connectivity index (χ4n) is 3.42. The van der Waals surface area contributed by atoms with Gasteiger partial charge in [0.05, 0.1) is 16.3 Å². The van der Waals surface area contributed by atoms with Crippen molar-refractivity contribution in [1.82, 2.24) is 4.90 Å². The number of hydrogen-bond acceptors (Lipinski definition) is 6. The van der Waals surface area contributed by atoms with Crippen LogP contribution in [-0.4, -0.2) is 62.6 Å². The zero-order valence-corrected chi connectivity index (χ0v) is 20.6. The Labute approximate surface area is 178 Å². The molecule has 1 amide bonds. The Balaban J connectivity index is 1.74. The maximum atomic E-state index is 12.9. The normalized spacial score (nSPS) is 31.8. The van der Waals surface area contributed by atoms with E-state index in [1.807, 2.05) is 6.92 Å². The smallest absolute Gasteiger partial charge is 0.354 e. The van der Waals surface area contributed by atoms with Crippen LogP contribution in [-0.2, 0) is 24.8 Å². The first kappa shape index (κ1) is 22.4. The van der Waals surface area contributed by atoms with Gasteiger partial charge in [0.25, 0.3) is 0 Å². The number of hydrogen-bond donors (Lipinski definition) is 1. The van der Waals surface area contributed by atoms with Gasteiger partial charge in [-0.1, -0.05) is 32.5 Å². The van der Waals surface area contributed by atoms with Crippen molar-refractivity contribution in [2.24, 2.45) is 5.92 Å². The number of thioether (sulfide) groups is 2. The summed E-state index contributed by atoms with van der Waals surface area (Å²) in [6.45, 7) is 12.7. The predicted octanol–water partition coefficient (Wildman–Crippen LogP) is 3.44. The van der Waals surface area contributed by atoms with Crippen molar-refractivity contribution < 1.29 is 23.3 Å². The van der Waals surface area contributed by atoms with E-state index in [0.717, 1.165) is 6.42 Å². The highest BCUT2D eigenvalue weighted by atomic mass is 32.2. The van der Waals surface area contributed by atoms with Crippen LogP contribution in [0.2, 0.25) is 18.1 Å². The van der Waals surface area contributed by atoms with Crippen molar-refractivity contribution in [1.29, 1.82) is 0 Å². The summed E-state index contributed by atoms with van der Waals surface area (Å²) in [4.78, 5) is 26.2. The van der Waals surface area contributed by atoms with Crippen molar-refractivity contribution in [2.45, 2.75) is 69.0 Å². The lowest BCUT2D eigenvalue weighted by molar-refractivity contribution is -0.156. The minimum Gasteiger partial charge on any atom is -0.477 e. The molecule has 0 saturated carbocycles. The number of carboxylic acid groups (broad SMARTS) is 1. The fraction of sp³-hybridized carbons (Fsp3) is 0.778. The predicted molar refractivity (Wildman–Crippen MR) is 118 cm³/mol. The molecular weight excluding hydrogens is 434 g/mol. The van der Waals surface area contributed by atoms with Crippen molar-refractivity contribution in [3.05, 3.63) is 9.93 Å². The number of rotatable bonds is 6. The van der Waals surface area contributed by atoms with Crippen molar-refractivity contribution in [3.63, 3.8) is 0 Å². The van der Waals surface area contributed by atoms with Gasteiger partial charge in [0.15, 0.2) is 14.0 Å². The molecule has 0 aromatic heterocycles. The summed E-state index contributed by atoms with van der Waals surface area (Å²) in [6.07, 6.45) is 0.571. The first-order chi connectivity index (χ1) is 12.8. The van der Waals surface area contributed by atoms with E-state index in [1.54, 1.807) is 0 Å². The molecule has 0 aliphatic carbocycles. The molecule has 3 heterocycles. The van der Waals surface area contributed by atoms with E-state index in [2.05, 4.69) is 33.9 Å². The SMILES string of the molecule is C[C@@H](O[Si](C)(C)C(C)(C)C)[C@H]1C(=O)N2C(C(=O)O)=C(S[C@H]3CCS(=O)C3)S[C@H]12. The molecule has 3 aliphatic rings. The molecule has 0 aromatic carbocycles. The minimum atomic E-state index is -2.03. The van der Waals surface area contributed by atoms with E-state index >= 15 is 0 Å². The summed E-state index contributed by atoms with van der Waals surface area (Å²) in [5.41, 5.74) is 0.0958. The summed E-state index contributed by atoms with van der Waals surface area (Å²) < 4.78 is 18.8. The van der Waals surface area contributed by atoms with Crippen LogP contribution in [0.1, 0.15) is 34.1 Å². The molecule has 0 bridgehead atoms. The molecule has 5 atom stereocenters. The van der Waals surface area contributed by atoms with Gasteiger partial charge in [-0.05, 0) is 31.5 Å².